The lowest BCUT2D eigenvalue weighted by Gasteiger charge is -2.16. The molecule has 3 aromatic rings. The molecule has 148 valence electrons. The fourth-order valence-corrected chi connectivity index (χ4v) is 3.39. The molecule has 0 aliphatic heterocycles. The SMILES string of the molecule is Cc1cccc(C)c1OC[C@H](O)CNCc1cc2c(C)ccc(C)c2[nH]c1=O. The average Bonchev–Trinajstić information content (AvgIpc) is 2.65. The van der Waals surface area contributed by atoms with Crippen LogP contribution in [0.5, 0.6) is 5.75 Å². The number of hydrogen-bond acceptors (Lipinski definition) is 4. The number of aliphatic hydroxyl groups excluding tert-OH is 1. The summed E-state index contributed by atoms with van der Waals surface area (Å²) in [5, 5.41) is 14.4. The molecule has 0 radical (unpaired) electrons. The first kappa shape index (κ1) is 20.1. The number of hydrogen-bond donors (Lipinski definition) is 3. The maximum absolute atomic E-state index is 12.4. The first-order chi connectivity index (χ1) is 13.4. The minimum atomic E-state index is -0.664. The normalized spacial score (nSPS) is 12.3. The van der Waals surface area contributed by atoms with Crippen LogP contribution in [0, 0.1) is 27.7 Å². The second-order valence-electron chi connectivity index (χ2n) is 7.43. The highest BCUT2D eigenvalue weighted by Crippen LogP contribution is 2.22. The van der Waals surface area contributed by atoms with Crippen molar-refractivity contribution in [3.63, 3.8) is 0 Å². The second-order valence-corrected chi connectivity index (χ2v) is 7.43. The van der Waals surface area contributed by atoms with Gasteiger partial charge in [-0.2, -0.15) is 0 Å². The summed E-state index contributed by atoms with van der Waals surface area (Å²) in [4.78, 5) is 15.4. The van der Waals surface area contributed by atoms with E-state index in [1.807, 2.05) is 58.0 Å². The molecule has 3 N–H and O–H groups in total. The van der Waals surface area contributed by atoms with E-state index in [-0.39, 0.29) is 12.2 Å². The van der Waals surface area contributed by atoms with Crippen molar-refractivity contribution < 1.29 is 9.84 Å². The summed E-state index contributed by atoms with van der Waals surface area (Å²) in [6, 6.07) is 12.0. The van der Waals surface area contributed by atoms with Crippen LogP contribution in [-0.2, 0) is 6.54 Å². The molecule has 1 atom stereocenters. The van der Waals surface area contributed by atoms with Crippen molar-refractivity contribution in [2.24, 2.45) is 0 Å². The molecule has 0 aliphatic carbocycles. The van der Waals surface area contributed by atoms with E-state index >= 15 is 0 Å². The van der Waals surface area contributed by atoms with E-state index in [0.717, 1.165) is 38.9 Å². The number of H-pyrrole nitrogens is 1. The van der Waals surface area contributed by atoms with Gasteiger partial charge in [0.1, 0.15) is 18.5 Å². The number of ether oxygens (including phenoxy) is 1. The van der Waals surface area contributed by atoms with Crippen molar-refractivity contribution in [2.45, 2.75) is 40.3 Å². The van der Waals surface area contributed by atoms with E-state index < -0.39 is 6.10 Å². The first-order valence-corrected chi connectivity index (χ1v) is 9.56. The van der Waals surface area contributed by atoms with E-state index in [0.29, 0.717) is 18.7 Å². The maximum atomic E-state index is 12.4. The van der Waals surface area contributed by atoms with Gasteiger partial charge in [-0.3, -0.25) is 4.79 Å². The largest absolute Gasteiger partial charge is 0.490 e. The maximum Gasteiger partial charge on any atom is 0.252 e. The third kappa shape index (κ3) is 4.43. The van der Waals surface area contributed by atoms with Gasteiger partial charge in [-0.15, -0.1) is 0 Å². The van der Waals surface area contributed by atoms with Crippen LogP contribution in [-0.4, -0.2) is 29.3 Å². The summed E-state index contributed by atoms with van der Waals surface area (Å²) in [5.74, 6) is 0.818. The van der Waals surface area contributed by atoms with Crippen LogP contribution in [0.3, 0.4) is 0 Å². The van der Waals surface area contributed by atoms with Crippen molar-refractivity contribution in [2.75, 3.05) is 13.2 Å². The molecule has 0 fully saturated rings. The standard InChI is InChI=1S/C23H28N2O3/c1-14-8-9-15(2)21-20(14)10-18(23(27)25-21)11-24-12-19(26)13-28-22-16(3)6-5-7-17(22)4/h5-10,19,24,26H,11-13H2,1-4H3,(H,25,27)/t19-/m1/s1. The molecule has 1 aromatic heterocycles. The topological polar surface area (TPSA) is 74.3 Å². The third-order valence-electron chi connectivity index (χ3n) is 5.04. The van der Waals surface area contributed by atoms with Gasteiger partial charge in [-0.05, 0) is 56.0 Å². The number of aryl methyl sites for hydroxylation is 4. The third-order valence-corrected chi connectivity index (χ3v) is 5.04. The Labute approximate surface area is 165 Å². The Bertz CT molecular complexity index is 1020. The second kappa shape index (κ2) is 8.59. The van der Waals surface area contributed by atoms with Gasteiger partial charge in [0.2, 0.25) is 0 Å². The van der Waals surface area contributed by atoms with Crippen molar-refractivity contribution in [3.8, 4) is 5.75 Å². The Morgan fingerprint density at radius 3 is 2.43 bits per heavy atom. The van der Waals surface area contributed by atoms with Crippen molar-refractivity contribution in [1.29, 1.82) is 0 Å². The van der Waals surface area contributed by atoms with E-state index in [1.165, 1.54) is 0 Å². The van der Waals surface area contributed by atoms with Gasteiger partial charge in [0.15, 0.2) is 0 Å². The predicted molar refractivity (Wildman–Crippen MR) is 113 cm³/mol. The quantitative estimate of drug-likeness (QED) is 0.588. The highest BCUT2D eigenvalue weighted by atomic mass is 16.5. The van der Waals surface area contributed by atoms with Gasteiger partial charge < -0.3 is 20.1 Å². The van der Waals surface area contributed by atoms with Gasteiger partial charge in [0, 0.05) is 24.0 Å². The molecule has 3 rings (SSSR count). The number of aromatic nitrogens is 1. The predicted octanol–water partition coefficient (Wildman–Crippen LogP) is 3.29. The molecule has 0 amide bonds. The summed E-state index contributed by atoms with van der Waals surface area (Å²) in [5.41, 5.74) is 5.72. The highest BCUT2D eigenvalue weighted by molar-refractivity contribution is 5.85. The zero-order valence-electron chi connectivity index (χ0n) is 16.9. The van der Waals surface area contributed by atoms with Crippen LogP contribution >= 0.6 is 0 Å². The Hall–Kier alpha value is -2.63. The number of pyridine rings is 1. The number of benzene rings is 2. The van der Waals surface area contributed by atoms with Crippen LogP contribution in [0.4, 0.5) is 0 Å². The van der Waals surface area contributed by atoms with Gasteiger partial charge in [-0.25, -0.2) is 0 Å². The molecule has 0 saturated heterocycles. The highest BCUT2D eigenvalue weighted by Gasteiger charge is 2.10. The van der Waals surface area contributed by atoms with Gasteiger partial charge >= 0.3 is 0 Å². The lowest BCUT2D eigenvalue weighted by Crippen LogP contribution is -2.32. The fraction of sp³-hybridized carbons (Fsp3) is 0.348. The zero-order chi connectivity index (χ0) is 20.3. The first-order valence-electron chi connectivity index (χ1n) is 9.56. The molecule has 5 nitrogen and oxygen atoms in total. The van der Waals surface area contributed by atoms with E-state index in [2.05, 4.69) is 16.4 Å². The van der Waals surface area contributed by atoms with Gasteiger partial charge in [-0.1, -0.05) is 30.3 Å². The minimum Gasteiger partial charge on any atom is -0.490 e. The van der Waals surface area contributed by atoms with Crippen molar-refractivity contribution in [1.82, 2.24) is 10.3 Å². The number of para-hydroxylation sites is 1. The molecular weight excluding hydrogens is 352 g/mol. The van der Waals surface area contributed by atoms with Gasteiger partial charge in [0.05, 0.1) is 5.52 Å². The summed E-state index contributed by atoms with van der Waals surface area (Å²) in [6.45, 7) is 8.93. The van der Waals surface area contributed by atoms with Gasteiger partial charge in [0.25, 0.3) is 5.56 Å². The lowest BCUT2D eigenvalue weighted by molar-refractivity contribution is 0.105. The summed E-state index contributed by atoms with van der Waals surface area (Å²) >= 11 is 0. The number of rotatable bonds is 7. The zero-order valence-corrected chi connectivity index (χ0v) is 16.9. The molecule has 0 aliphatic rings. The van der Waals surface area contributed by atoms with E-state index in [9.17, 15) is 9.90 Å². The van der Waals surface area contributed by atoms with Crippen molar-refractivity contribution in [3.05, 3.63) is 74.6 Å². The molecule has 5 heteroatoms. The Kier molecular flexibility index (Phi) is 6.17. The number of fused-ring (bicyclic) bond motifs is 1. The minimum absolute atomic E-state index is 0.102. The molecule has 0 bridgehead atoms. The van der Waals surface area contributed by atoms with Crippen LogP contribution in [0.2, 0.25) is 0 Å². The fourth-order valence-electron chi connectivity index (χ4n) is 3.39. The van der Waals surface area contributed by atoms with Crippen LogP contribution in [0.25, 0.3) is 10.9 Å². The lowest BCUT2D eigenvalue weighted by atomic mass is 10.0. The molecule has 0 unspecified atom stereocenters. The number of aliphatic hydroxyl groups is 1. The smallest absolute Gasteiger partial charge is 0.252 e. The molecular formula is C23H28N2O3. The van der Waals surface area contributed by atoms with E-state index in [1.54, 1.807) is 0 Å². The molecule has 2 aromatic carbocycles. The van der Waals surface area contributed by atoms with Crippen LogP contribution < -0.4 is 15.6 Å². The molecule has 1 heterocycles. The monoisotopic (exact) mass is 380 g/mol. The van der Waals surface area contributed by atoms with E-state index in [4.69, 9.17) is 4.74 Å². The number of nitrogens with one attached hydrogen (secondary N) is 2. The molecule has 0 spiro atoms. The Balaban J connectivity index is 1.59. The summed E-state index contributed by atoms with van der Waals surface area (Å²) in [7, 11) is 0. The van der Waals surface area contributed by atoms with Crippen molar-refractivity contribution >= 4 is 10.9 Å². The number of aromatic amines is 1. The molecule has 0 saturated carbocycles. The summed E-state index contributed by atoms with van der Waals surface area (Å²) in [6.07, 6.45) is -0.664. The average molecular weight is 380 g/mol. The molecule has 28 heavy (non-hydrogen) atoms. The Morgan fingerprint density at radius 2 is 1.71 bits per heavy atom. The van der Waals surface area contributed by atoms with Crippen LogP contribution in [0.1, 0.15) is 27.8 Å². The van der Waals surface area contributed by atoms with Crippen LogP contribution in [0.15, 0.2) is 41.2 Å². The Morgan fingerprint density at radius 1 is 1.04 bits per heavy atom. The summed E-state index contributed by atoms with van der Waals surface area (Å²) < 4.78 is 5.78.